The number of hydrazine groups is 1. The van der Waals surface area contributed by atoms with Gasteiger partial charge in [0.05, 0.1) is 13.7 Å². The fourth-order valence-electron chi connectivity index (χ4n) is 3.54. The monoisotopic (exact) mass is 352 g/mol. The van der Waals surface area contributed by atoms with E-state index in [0.717, 1.165) is 16.6 Å². The molecule has 1 heterocycles. The Kier molecular flexibility index (Phi) is 4.82. The van der Waals surface area contributed by atoms with Gasteiger partial charge in [0.25, 0.3) is 5.91 Å². The minimum Gasteiger partial charge on any atom is -0.496 e. The summed E-state index contributed by atoms with van der Waals surface area (Å²) in [6.07, 6.45) is 0. The van der Waals surface area contributed by atoms with Crippen LogP contribution in [0.4, 0.5) is 0 Å². The van der Waals surface area contributed by atoms with Crippen molar-refractivity contribution in [3.8, 4) is 5.75 Å². The Bertz CT molecular complexity index is 832. The third kappa shape index (κ3) is 3.11. The van der Waals surface area contributed by atoms with E-state index >= 15 is 0 Å². The number of methoxy groups -OCH3 is 1. The number of hydrogen-bond acceptors (Lipinski definition) is 4. The summed E-state index contributed by atoms with van der Waals surface area (Å²) >= 11 is 0. The Morgan fingerprint density at radius 1 is 1.15 bits per heavy atom. The molecule has 2 aromatic rings. The zero-order valence-electron chi connectivity index (χ0n) is 16.0. The lowest BCUT2D eigenvalue weighted by molar-refractivity contribution is -0.0205. The van der Waals surface area contributed by atoms with Gasteiger partial charge in [0, 0.05) is 16.7 Å². The third-order valence-corrected chi connectivity index (χ3v) is 4.80. The van der Waals surface area contributed by atoms with Gasteiger partial charge < -0.3 is 9.76 Å². The lowest BCUT2D eigenvalue weighted by Crippen LogP contribution is -2.68. The molecule has 1 aliphatic heterocycles. The summed E-state index contributed by atoms with van der Waals surface area (Å²) in [5.74, 6) is 0.529. The second-order valence-electron chi connectivity index (χ2n) is 7.58. The van der Waals surface area contributed by atoms with Gasteiger partial charge in [-0.05, 0) is 50.9 Å². The zero-order valence-corrected chi connectivity index (χ0v) is 16.0. The van der Waals surface area contributed by atoms with Crippen LogP contribution in [0.2, 0.25) is 0 Å². The van der Waals surface area contributed by atoms with Crippen LogP contribution in [0, 0.1) is 6.92 Å². The topological polar surface area (TPSA) is 53.0 Å². The second kappa shape index (κ2) is 6.78. The SMILES string of the molecule is COc1cccc(C(=O)N2Cc3ccccc3B(O)N2C(C)(C)C)c1C. The molecule has 3 rings (SSSR count). The van der Waals surface area contributed by atoms with E-state index in [-0.39, 0.29) is 5.91 Å². The summed E-state index contributed by atoms with van der Waals surface area (Å²) < 4.78 is 5.36. The summed E-state index contributed by atoms with van der Waals surface area (Å²) in [4.78, 5) is 15.2. The van der Waals surface area contributed by atoms with Crippen LogP contribution >= 0.6 is 0 Å². The summed E-state index contributed by atoms with van der Waals surface area (Å²) in [6, 6.07) is 13.2. The molecule has 0 atom stereocenters. The number of ether oxygens (including phenoxy) is 1. The number of nitrogens with zero attached hydrogens (tertiary/aromatic N) is 2. The maximum Gasteiger partial charge on any atom is 0.435 e. The van der Waals surface area contributed by atoms with E-state index in [2.05, 4.69) is 0 Å². The molecule has 0 bridgehead atoms. The number of fused-ring (bicyclic) bond motifs is 1. The highest BCUT2D eigenvalue weighted by atomic mass is 16.5. The van der Waals surface area contributed by atoms with Gasteiger partial charge in [-0.3, -0.25) is 9.80 Å². The van der Waals surface area contributed by atoms with Crippen LogP contribution in [0.3, 0.4) is 0 Å². The average molecular weight is 352 g/mol. The van der Waals surface area contributed by atoms with Crippen LogP contribution in [-0.4, -0.2) is 40.6 Å². The summed E-state index contributed by atoms with van der Waals surface area (Å²) in [7, 11) is 0.716. The minimum absolute atomic E-state index is 0.148. The van der Waals surface area contributed by atoms with E-state index in [1.54, 1.807) is 23.1 Å². The van der Waals surface area contributed by atoms with E-state index in [9.17, 15) is 9.82 Å². The van der Waals surface area contributed by atoms with Crippen molar-refractivity contribution in [3.05, 3.63) is 59.2 Å². The van der Waals surface area contributed by atoms with E-state index in [4.69, 9.17) is 4.74 Å². The fraction of sp³-hybridized carbons (Fsp3) is 0.350. The molecule has 0 aromatic heterocycles. The van der Waals surface area contributed by atoms with Crippen LogP contribution in [0.1, 0.15) is 42.3 Å². The Morgan fingerprint density at radius 3 is 2.50 bits per heavy atom. The quantitative estimate of drug-likeness (QED) is 0.844. The number of rotatable bonds is 2. The fourth-order valence-corrected chi connectivity index (χ4v) is 3.54. The molecule has 1 N–H and O–H groups in total. The van der Waals surface area contributed by atoms with Gasteiger partial charge in [-0.25, -0.2) is 4.92 Å². The van der Waals surface area contributed by atoms with Crippen molar-refractivity contribution in [1.82, 2.24) is 9.93 Å². The van der Waals surface area contributed by atoms with E-state index < -0.39 is 12.6 Å². The Balaban J connectivity index is 2.08. The molecule has 0 spiro atoms. The number of benzene rings is 2. The molecule has 1 aliphatic rings. The van der Waals surface area contributed by atoms with Crippen molar-refractivity contribution in [2.75, 3.05) is 7.11 Å². The van der Waals surface area contributed by atoms with Crippen molar-refractivity contribution in [2.24, 2.45) is 0 Å². The molecule has 0 saturated heterocycles. The molecule has 2 aromatic carbocycles. The first-order chi connectivity index (χ1) is 12.3. The average Bonchev–Trinajstić information content (AvgIpc) is 2.60. The summed E-state index contributed by atoms with van der Waals surface area (Å²) in [5, 5.41) is 12.6. The minimum atomic E-state index is -0.880. The van der Waals surface area contributed by atoms with Gasteiger partial charge in [-0.1, -0.05) is 30.3 Å². The van der Waals surface area contributed by atoms with Crippen molar-refractivity contribution in [2.45, 2.75) is 39.8 Å². The van der Waals surface area contributed by atoms with E-state index in [0.29, 0.717) is 17.9 Å². The smallest absolute Gasteiger partial charge is 0.435 e. The molecule has 136 valence electrons. The molecular formula is C20H25BN2O3. The first kappa shape index (κ1) is 18.5. The van der Waals surface area contributed by atoms with Crippen LogP contribution in [0.5, 0.6) is 5.75 Å². The highest BCUT2D eigenvalue weighted by molar-refractivity contribution is 6.64. The maximum absolute atomic E-state index is 13.4. The van der Waals surface area contributed by atoms with Gasteiger partial charge in [0.15, 0.2) is 0 Å². The molecule has 0 aliphatic carbocycles. The Hall–Kier alpha value is -2.31. The van der Waals surface area contributed by atoms with Crippen LogP contribution in [0.15, 0.2) is 42.5 Å². The van der Waals surface area contributed by atoms with Gasteiger partial charge in [-0.15, -0.1) is 0 Å². The zero-order chi connectivity index (χ0) is 19.1. The lowest BCUT2D eigenvalue weighted by Gasteiger charge is -2.48. The number of carbonyl (C=O) groups is 1. The summed E-state index contributed by atoms with van der Waals surface area (Å²) in [5.41, 5.74) is 2.73. The maximum atomic E-state index is 13.4. The molecule has 6 heteroatoms. The number of carbonyl (C=O) groups excluding carboxylic acids is 1. The number of hydrogen-bond donors (Lipinski definition) is 1. The Labute approximate surface area is 155 Å². The van der Waals surface area contributed by atoms with Gasteiger partial charge in [-0.2, -0.15) is 0 Å². The highest BCUT2D eigenvalue weighted by Gasteiger charge is 2.44. The third-order valence-electron chi connectivity index (χ3n) is 4.80. The summed E-state index contributed by atoms with van der Waals surface area (Å²) in [6.45, 7) is 8.26. The molecular weight excluding hydrogens is 327 g/mol. The standard InChI is InChI=1S/C20H25BN2O3/c1-14-16(10-8-12-18(14)26-5)19(24)22-13-15-9-6-7-11-17(15)21(25)23(22)20(2,3)4/h6-12,25H,13H2,1-5H3. The largest absolute Gasteiger partial charge is 0.496 e. The van der Waals surface area contributed by atoms with Crippen LogP contribution in [0.25, 0.3) is 0 Å². The highest BCUT2D eigenvalue weighted by Crippen LogP contribution is 2.28. The predicted molar refractivity (Wildman–Crippen MR) is 103 cm³/mol. The van der Waals surface area contributed by atoms with Crippen molar-refractivity contribution < 1.29 is 14.6 Å². The van der Waals surface area contributed by atoms with E-state index in [1.165, 1.54) is 0 Å². The van der Waals surface area contributed by atoms with E-state index in [1.807, 2.05) is 64.1 Å². The van der Waals surface area contributed by atoms with Gasteiger partial charge in [0.2, 0.25) is 0 Å². The van der Waals surface area contributed by atoms with Gasteiger partial charge in [0.1, 0.15) is 5.75 Å². The van der Waals surface area contributed by atoms with Gasteiger partial charge >= 0.3 is 7.05 Å². The molecule has 5 nitrogen and oxygen atoms in total. The predicted octanol–water partition coefficient (Wildman–Crippen LogP) is 2.36. The molecule has 0 unspecified atom stereocenters. The van der Waals surface area contributed by atoms with Crippen molar-refractivity contribution in [1.29, 1.82) is 0 Å². The second-order valence-corrected chi connectivity index (χ2v) is 7.58. The first-order valence-corrected chi connectivity index (χ1v) is 8.76. The lowest BCUT2D eigenvalue weighted by atomic mass is 9.66. The normalized spacial score (nSPS) is 15.0. The van der Waals surface area contributed by atoms with Crippen LogP contribution in [-0.2, 0) is 6.54 Å². The number of amides is 1. The molecule has 0 radical (unpaired) electrons. The van der Waals surface area contributed by atoms with Crippen molar-refractivity contribution in [3.63, 3.8) is 0 Å². The van der Waals surface area contributed by atoms with Crippen molar-refractivity contribution >= 4 is 18.4 Å². The van der Waals surface area contributed by atoms with Crippen LogP contribution < -0.4 is 10.2 Å². The molecule has 0 fully saturated rings. The Morgan fingerprint density at radius 2 is 1.85 bits per heavy atom. The molecule has 0 saturated carbocycles. The molecule has 1 amide bonds. The molecule has 26 heavy (non-hydrogen) atoms. The first-order valence-electron chi connectivity index (χ1n) is 8.76.